The summed E-state index contributed by atoms with van der Waals surface area (Å²) in [5.74, 6) is -0.303. The first-order valence-electron chi connectivity index (χ1n) is 7.03. The van der Waals surface area contributed by atoms with Gasteiger partial charge < -0.3 is 15.8 Å². The van der Waals surface area contributed by atoms with Crippen LogP contribution in [0.2, 0.25) is 0 Å². The first-order valence-corrected chi connectivity index (χ1v) is 7.03. The number of nitrogens with one attached hydrogen (secondary N) is 1. The van der Waals surface area contributed by atoms with Gasteiger partial charge in [0.05, 0.1) is 6.04 Å². The van der Waals surface area contributed by atoms with Gasteiger partial charge in [-0.2, -0.15) is 0 Å². The minimum absolute atomic E-state index is 0.0787. The smallest absolute Gasteiger partial charge is 0.303 e. The zero-order chi connectivity index (χ0) is 16.0. The molecule has 1 aliphatic rings. The summed E-state index contributed by atoms with van der Waals surface area (Å²) in [5.41, 5.74) is 7.39. The van der Waals surface area contributed by atoms with E-state index in [4.69, 9.17) is 10.5 Å². The molecule has 5 heteroatoms. The van der Waals surface area contributed by atoms with Crippen molar-refractivity contribution in [2.45, 2.75) is 52.2 Å². The number of rotatable bonds is 0. The number of anilines is 1. The SMILES string of the molecule is CC(=O)OC(C)(C)C.N[C@H]1CCc2ccccc2NC1=O. The summed E-state index contributed by atoms with van der Waals surface area (Å²) in [6, 6.07) is 7.45. The molecule has 1 aromatic rings. The highest BCUT2D eigenvalue weighted by Crippen LogP contribution is 2.20. The van der Waals surface area contributed by atoms with E-state index < -0.39 is 0 Å². The van der Waals surface area contributed by atoms with E-state index in [1.54, 1.807) is 0 Å². The predicted octanol–water partition coefficient (Wildman–Crippen LogP) is 2.25. The molecule has 2 rings (SSSR count). The summed E-state index contributed by atoms with van der Waals surface area (Å²) >= 11 is 0. The van der Waals surface area contributed by atoms with E-state index in [1.807, 2.05) is 45.0 Å². The van der Waals surface area contributed by atoms with Crippen molar-refractivity contribution in [1.29, 1.82) is 0 Å². The van der Waals surface area contributed by atoms with Gasteiger partial charge in [0, 0.05) is 12.6 Å². The van der Waals surface area contributed by atoms with Crippen LogP contribution in [-0.2, 0) is 20.7 Å². The van der Waals surface area contributed by atoms with Crippen molar-refractivity contribution >= 4 is 17.6 Å². The Hall–Kier alpha value is -1.88. The first-order chi connectivity index (χ1) is 9.69. The van der Waals surface area contributed by atoms with E-state index >= 15 is 0 Å². The number of hydrogen-bond donors (Lipinski definition) is 2. The molecule has 5 nitrogen and oxygen atoms in total. The lowest BCUT2D eigenvalue weighted by atomic mass is 10.1. The van der Waals surface area contributed by atoms with E-state index in [1.165, 1.54) is 12.5 Å². The summed E-state index contributed by atoms with van der Waals surface area (Å²) in [6.07, 6.45) is 1.60. The number of esters is 1. The molecule has 0 saturated heterocycles. The molecule has 0 radical (unpaired) electrons. The summed E-state index contributed by atoms with van der Waals surface area (Å²) < 4.78 is 4.80. The van der Waals surface area contributed by atoms with Gasteiger partial charge >= 0.3 is 5.97 Å². The number of carbonyl (C=O) groups is 2. The number of amides is 1. The summed E-state index contributed by atoms with van der Waals surface area (Å²) in [4.78, 5) is 21.6. The van der Waals surface area contributed by atoms with Crippen molar-refractivity contribution in [1.82, 2.24) is 0 Å². The molecular formula is C16H24N2O3. The highest BCUT2D eigenvalue weighted by Gasteiger charge is 2.19. The molecule has 0 aromatic heterocycles. The van der Waals surface area contributed by atoms with Crippen molar-refractivity contribution < 1.29 is 14.3 Å². The molecular weight excluding hydrogens is 268 g/mol. The zero-order valence-electron chi connectivity index (χ0n) is 13.1. The van der Waals surface area contributed by atoms with Gasteiger partial charge in [0.15, 0.2) is 0 Å². The third kappa shape index (κ3) is 6.40. The number of para-hydroxylation sites is 1. The summed E-state index contributed by atoms with van der Waals surface area (Å²) in [6.45, 7) is 6.93. The van der Waals surface area contributed by atoms with Crippen LogP contribution in [0, 0.1) is 0 Å². The van der Waals surface area contributed by atoms with Crippen LogP contribution in [0.3, 0.4) is 0 Å². The molecule has 0 aliphatic carbocycles. The molecule has 1 heterocycles. The highest BCUT2D eigenvalue weighted by atomic mass is 16.6. The molecule has 3 N–H and O–H groups in total. The molecule has 21 heavy (non-hydrogen) atoms. The Balaban J connectivity index is 0.000000240. The molecule has 116 valence electrons. The van der Waals surface area contributed by atoms with Crippen molar-refractivity contribution in [3.05, 3.63) is 29.8 Å². The largest absolute Gasteiger partial charge is 0.460 e. The normalized spacial score (nSPS) is 17.6. The predicted molar refractivity (Wildman–Crippen MR) is 82.9 cm³/mol. The Morgan fingerprint density at radius 3 is 2.48 bits per heavy atom. The average molecular weight is 292 g/mol. The van der Waals surface area contributed by atoms with E-state index in [2.05, 4.69) is 5.32 Å². The molecule has 0 saturated carbocycles. The summed E-state index contributed by atoms with van der Waals surface area (Å²) in [7, 11) is 0. The Labute approximate surface area is 125 Å². The van der Waals surface area contributed by atoms with Crippen LogP contribution in [-0.4, -0.2) is 23.5 Å². The quantitative estimate of drug-likeness (QED) is 0.719. The van der Waals surface area contributed by atoms with E-state index in [0.29, 0.717) is 0 Å². The monoisotopic (exact) mass is 292 g/mol. The standard InChI is InChI=1S/C10H12N2O.C6H12O2/c11-8-6-5-7-3-1-2-4-9(7)12-10(8)13;1-5(7)8-6(2,3)4/h1-4,8H,5-6,11H2,(H,12,13);1-4H3/t8-;/m0./s1. The zero-order valence-corrected chi connectivity index (χ0v) is 13.1. The Kier molecular flexibility index (Phi) is 5.90. The van der Waals surface area contributed by atoms with E-state index in [-0.39, 0.29) is 23.5 Å². The summed E-state index contributed by atoms with van der Waals surface area (Å²) in [5, 5.41) is 2.81. The van der Waals surface area contributed by atoms with Crippen LogP contribution in [0.5, 0.6) is 0 Å². The number of hydrogen-bond acceptors (Lipinski definition) is 4. The molecule has 1 aliphatic heterocycles. The fourth-order valence-electron chi connectivity index (χ4n) is 1.96. The first kappa shape index (κ1) is 17.2. The number of benzene rings is 1. The number of nitrogens with two attached hydrogens (primary N) is 1. The van der Waals surface area contributed by atoms with Gasteiger partial charge in [-0.25, -0.2) is 0 Å². The van der Waals surface area contributed by atoms with Crippen LogP contribution in [0.25, 0.3) is 0 Å². The number of aryl methyl sites for hydroxylation is 1. The molecule has 0 fully saturated rings. The second kappa shape index (κ2) is 7.22. The molecule has 0 bridgehead atoms. The van der Waals surface area contributed by atoms with E-state index in [0.717, 1.165) is 18.5 Å². The van der Waals surface area contributed by atoms with Gasteiger partial charge in [0.25, 0.3) is 0 Å². The van der Waals surface area contributed by atoms with E-state index in [9.17, 15) is 9.59 Å². The van der Waals surface area contributed by atoms with Crippen LogP contribution in [0.15, 0.2) is 24.3 Å². The lowest BCUT2D eigenvalue weighted by Crippen LogP contribution is -2.34. The number of ether oxygens (including phenoxy) is 1. The van der Waals surface area contributed by atoms with Crippen LogP contribution in [0.4, 0.5) is 5.69 Å². The van der Waals surface area contributed by atoms with Crippen molar-refractivity contribution in [3.63, 3.8) is 0 Å². The maximum atomic E-state index is 11.3. The van der Waals surface area contributed by atoms with Gasteiger partial charge in [-0.3, -0.25) is 9.59 Å². The second-order valence-corrected chi connectivity index (χ2v) is 6.00. The molecule has 0 spiro atoms. The fraction of sp³-hybridized carbons (Fsp3) is 0.500. The minimum Gasteiger partial charge on any atom is -0.460 e. The molecule has 1 atom stereocenters. The van der Waals surface area contributed by atoms with Gasteiger partial charge in [-0.05, 0) is 45.2 Å². The van der Waals surface area contributed by atoms with Crippen molar-refractivity contribution in [3.8, 4) is 0 Å². The number of fused-ring (bicyclic) bond motifs is 1. The Morgan fingerprint density at radius 1 is 1.33 bits per heavy atom. The lowest BCUT2D eigenvalue weighted by molar-refractivity contribution is -0.151. The number of carbonyl (C=O) groups excluding carboxylic acids is 2. The molecule has 0 unspecified atom stereocenters. The van der Waals surface area contributed by atoms with Gasteiger partial charge in [0.1, 0.15) is 5.60 Å². The third-order valence-electron chi connectivity index (χ3n) is 2.79. The Bertz CT molecular complexity index is 506. The van der Waals surface area contributed by atoms with Crippen LogP contribution >= 0.6 is 0 Å². The molecule has 1 amide bonds. The second-order valence-electron chi connectivity index (χ2n) is 6.00. The highest BCUT2D eigenvalue weighted by molar-refractivity contribution is 5.96. The lowest BCUT2D eigenvalue weighted by Gasteiger charge is -2.17. The van der Waals surface area contributed by atoms with Gasteiger partial charge in [0.2, 0.25) is 5.91 Å². The Morgan fingerprint density at radius 2 is 1.95 bits per heavy atom. The van der Waals surface area contributed by atoms with Gasteiger partial charge in [-0.15, -0.1) is 0 Å². The fourth-order valence-corrected chi connectivity index (χ4v) is 1.96. The van der Waals surface area contributed by atoms with Crippen molar-refractivity contribution in [2.75, 3.05) is 5.32 Å². The van der Waals surface area contributed by atoms with Gasteiger partial charge in [-0.1, -0.05) is 18.2 Å². The topological polar surface area (TPSA) is 81.4 Å². The van der Waals surface area contributed by atoms with Crippen LogP contribution < -0.4 is 11.1 Å². The maximum Gasteiger partial charge on any atom is 0.303 e. The van der Waals surface area contributed by atoms with Crippen LogP contribution in [0.1, 0.15) is 39.7 Å². The maximum absolute atomic E-state index is 11.3. The minimum atomic E-state index is -0.368. The third-order valence-corrected chi connectivity index (χ3v) is 2.79. The average Bonchev–Trinajstić information content (AvgIpc) is 2.48. The van der Waals surface area contributed by atoms with Crippen molar-refractivity contribution in [2.24, 2.45) is 5.73 Å². The molecule has 1 aromatic carbocycles.